The molecule has 0 radical (unpaired) electrons. The fourth-order valence-corrected chi connectivity index (χ4v) is 2.45. The molecule has 0 bridgehead atoms. The SMILES string of the molecule is CC(C)CNCCCc1cccc2c1OCCC2. The van der Waals surface area contributed by atoms with Gasteiger partial charge in [0.2, 0.25) is 0 Å². The van der Waals surface area contributed by atoms with Gasteiger partial charge in [-0.05, 0) is 55.8 Å². The molecule has 0 atom stereocenters. The third kappa shape index (κ3) is 3.74. The lowest BCUT2D eigenvalue weighted by molar-refractivity contribution is 0.285. The van der Waals surface area contributed by atoms with Gasteiger partial charge in [0.1, 0.15) is 5.75 Å². The highest BCUT2D eigenvalue weighted by Crippen LogP contribution is 2.29. The molecule has 1 aliphatic rings. The molecular formula is C16H25NO. The zero-order chi connectivity index (χ0) is 12.8. The van der Waals surface area contributed by atoms with Gasteiger partial charge in [-0.1, -0.05) is 32.0 Å². The third-order valence-corrected chi connectivity index (χ3v) is 3.37. The number of aryl methyl sites for hydroxylation is 2. The fraction of sp³-hybridized carbons (Fsp3) is 0.625. The first-order valence-corrected chi connectivity index (χ1v) is 7.21. The van der Waals surface area contributed by atoms with Crippen LogP contribution in [0.15, 0.2) is 18.2 Å². The maximum absolute atomic E-state index is 5.83. The Kier molecular flexibility index (Phi) is 5.06. The molecule has 2 nitrogen and oxygen atoms in total. The molecule has 0 aliphatic carbocycles. The first-order valence-electron chi connectivity index (χ1n) is 7.21. The van der Waals surface area contributed by atoms with Crippen LogP contribution in [0.2, 0.25) is 0 Å². The van der Waals surface area contributed by atoms with E-state index in [-0.39, 0.29) is 0 Å². The van der Waals surface area contributed by atoms with E-state index in [2.05, 4.69) is 37.4 Å². The quantitative estimate of drug-likeness (QED) is 0.780. The van der Waals surface area contributed by atoms with Crippen molar-refractivity contribution in [3.05, 3.63) is 29.3 Å². The van der Waals surface area contributed by atoms with Crippen LogP contribution in [0.3, 0.4) is 0 Å². The maximum Gasteiger partial charge on any atom is 0.125 e. The van der Waals surface area contributed by atoms with Gasteiger partial charge >= 0.3 is 0 Å². The summed E-state index contributed by atoms with van der Waals surface area (Å²) in [6, 6.07) is 6.59. The molecule has 0 amide bonds. The number of hydrogen-bond donors (Lipinski definition) is 1. The smallest absolute Gasteiger partial charge is 0.125 e. The maximum atomic E-state index is 5.83. The predicted molar refractivity (Wildman–Crippen MR) is 76.3 cm³/mol. The van der Waals surface area contributed by atoms with Gasteiger partial charge in [-0.15, -0.1) is 0 Å². The number of para-hydroxylation sites is 1. The lowest BCUT2D eigenvalue weighted by Crippen LogP contribution is -2.21. The summed E-state index contributed by atoms with van der Waals surface area (Å²) >= 11 is 0. The van der Waals surface area contributed by atoms with Crippen LogP contribution in [-0.2, 0) is 12.8 Å². The summed E-state index contributed by atoms with van der Waals surface area (Å²) in [5, 5.41) is 3.49. The Morgan fingerprint density at radius 3 is 3.06 bits per heavy atom. The van der Waals surface area contributed by atoms with E-state index in [0.29, 0.717) is 0 Å². The zero-order valence-electron chi connectivity index (χ0n) is 11.7. The second-order valence-corrected chi connectivity index (χ2v) is 5.56. The van der Waals surface area contributed by atoms with Gasteiger partial charge < -0.3 is 10.1 Å². The summed E-state index contributed by atoms with van der Waals surface area (Å²) in [6.07, 6.45) is 4.64. The average Bonchev–Trinajstić information content (AvgIpc) is 2.38. The molecular weight excluding hydrogens is 222 g/mol. The second kappa shape index (κ2) is 6.79. The van der Waals surface area contributed by atoms with Crippen LogP contribution in [0.25, 0.3) is 0 Å². The highest BCUT2D eigenvalue weighted by Gasteiger charge is 2.13. The highest BCUT2D eigenvalue weighted by molar-refractivity contribution is 5.42. The van der Waals surface area contributed by atoms with Gasteiger partial charge in [0.15, 0.2) is 0 Å². The summed E-state index contributed by atoms with van der Waals surface area (Å²) in [4.78, 5) is 0. The van der Waals surface area contributed by atoms with E-state index < -0.39 is 0 Å². The number of rotatable bonds is 6. The molecule has 0 unspecified atom stereocenters. The molecule has 0 saturated carbocycles. The number of nitrogens with one attached hydrogen (secondary N) is 1. The van der Waals surface area contributed by atoms with E-state index in [1.807, 2.05) is 0 Å². The zero-order valence-corrected chi connectivity index (χ0v) is 11.7. The van der Waals surface area contributed by atoms with Gasteiger partial charge in [-0.2, -0.15) is 0 Å². The van der Waals surface area contributed by atoms with Gasteiger partial charge in [0.05, 0.1) is 6.61 Å². The molecule has 1 aromatic carbocycles. The third-order valence-electron chi connectivity index (χ3n) is 3.37. The Morgan fingerprint density at radius 2 is 2.22 bits per heavy atom. The Bertz CT molecular complexity index is 373. The largest absolute Gasteiger partial charge is 0.493 e. The fourth-order valence-electron chi connectivity index (χ4n) is 2.45. The molecule has 0 aromatic heterocycles. The molecule has 0 saturated heterocycles. The van der Waals surface area contributed by atoms with E-state index in [1.54, 1.807) is 0 Å². The Morgan fingerprint density at radius 1 is 1.33 bits per heavy atom. The van der Waals surface area contributed by atoms with Gasteiger partial charge in [0.25, 0.3) is 0 Å². The predicted octanol–water partition coefficient (Wildman–Crippen LogP) is 3.19. The molecule has 0 fully saturated rings. The van der Waals surface area contributed by atoms with E-state index in [0.717, 1.165) is 38.5 Å². The lowest BCUT2D eigenvalue weighted by atomic mass is 10.00. The summed E-state index contributed by atoms with van der Waals surface area (Å²) in [7, 11) is 0. The van der Waals surface area contributed by atoms with Crippen molar-refractivity contribution in [1.82, 2.24) is 5.32 Å². The Labute approximate surface area is 111 Å². The lowest BCUT2D eigenvalue weighted by Gasteiger charge is -2.20. The number of hydrogen-bond acceptors (Lipinski definition) is 2. The van der Waals surface area contributed by atoms with Crippen molar-refractivity contribution in [2.24, 2.45) is 5.92 Å². The minimum Gasteiger partial charge on any atom is -0.493 e. The van der Waals surface area contributed by atoms with Crippen LogP contribution >= 0.6 is 0 Å². The summed E-state index contributed by atoms with van der Waals surface area (Å²) in [6.45, 7) is 7.59. The Hall–Kier alpha value is -1.02. The minimum atomic E-state index is 0.734. The van der Waals surface area contributed by atoms with Crippen molar-refractivity contribution in [3.8, 4) is 5.75 Å². The van der Waals surface area contributed by atoms with Crippen LogP contribution in [0.4, 0.5) is 0 Å². The van der Waals surface area contributed by atoms with Gasteiger partial charge in [0, 0.05) is 0 Å². The topological polar surface area (TPSA) is 21.3 Å². The van der Waals surface area contributed by atoms with Crippen LogP contribution in [-0.4, -0.2) is 19.7 Å². The van der Waals surface area contributed by atoms with Crippen LogP contribution in [0.1, 0.15) is 37.8 Å². The van der Waals surface area contributed by atoms with Crippen LogP contribution in [0.5, 0.6) is 5.75 Å². The summed E-state index contributed by atoms with van der Waals surface area (Å²) < 4.78 is 5.83. The van der Waals surface area contributed by atoms with Crippen molar-refractivity contribution in [3.63, 3.8) is 0 Å². The average molecular weight is 247 g/mol. The van der Waals surface area contributed by atoms with E-state index >= 15 is 0 Å². The summed E-state index contributed by atoms with van der Waals surface area (Å²) in [5.74, 6) is 1.91. The van der Waals surface area contributed by atoms with Crippen molar-refractivity contribution in [2.75, 3.05) is 19.7 Å². The van der Waals surface area contributed by atoms with Crippen molar-refractivity contribution in [2.45, 2.75) is 39.5 Å². The summed E-state index contributed by atoms with van der Waals surface area (Å²) in [5.41, 5.74) is 2.78. The normalized spacial score (nSPS) is 14.4. The molecule has 2 heteroatoms. The van der Waals surface area contributed by atoms with E-state index in [1.165, 1.54) is 29.7 Å². The molecule has 1 aliphatic heterocycles. The van der Waals surface area contributed by atoms with Gasteiger partial charge in [-0.3, -0.25) is 0 Å². The molecule has 2 rings (SSSR count). The monoisotopic (exact) mass is 247 g/mol. The van der Waals surface area contributed by atoms with E-state index in [9.17, 15) is 0 Å². The standard InChI is InChI=1S/C16H25NO/c1-13(2)12-17-10-4-8-14-6-3-7-15-9-5-11-18-16(14)15/h3,6-7,13,17H,4-5,8-12H2,1-2H3. The molecule has 0 spiro atoms. The minimum absolute atomic E-state index is 0.734. The van der Waals surface area contributed by atoms with E-state index in [4.69, 9.17) is 4.74 Å². The second-order valence-electron chi connectivity index (χ2n) is 5.56. The molecule has 100 valence electrons. The number of fused-ring (bicyclic) bond motifs is 1. The first kappa shape index (κ1) is 13.4. The highest BCUT2D eigenvalue weighted by atomic mass is 16.5. The van der Waals surface area contributed by atoms with Crippen LogP contribution < -0.4 is 10.1 Å². The number of ether oxygens (including phenoxy) is 1. The molecule has 1 aromatic rings. The van der Waals surface area contributed by atoms with Crippen molar-refractivity contribution >= 4 is 0 Å². The number of benzene rings is 1. The van der Waals surface area contributed by atoms with Crippen LogP contribution in [0, 0.1) is 5.92 Å². The first-order chi connectivity index (χ1) is 8.77. The van der Waals surface area contributed by atoms with Crippen molar-refractivity contribution < 1.29 is 4.74 Å². The molecule has 1 heterocycles. The molecule has 18 heavy (non-hydrogen) atoms. The Balaban J connectivity index is 1.82. The van der Waals surface area contributed by atoms with Crippen molar-refractivity contribution in [1.29, 1.82) is 0 Å². The van der Waals surface area contributed by atoms with Gasteiger partial charge in [-0.25, -0.2) is 0 Å². The molecule has 1 N–H and O–H groups in total.